The minimum atomic E-state index is -3.03. The Morgan fingerprint density at radius 1 is 1.03 bits per heavy atom. The van der Waals surface area contributed by atoms with Crippen LogP contribution in [0.15, 0.2) is 55.2 Å². The molecule has 9 heteroatoms. The van der Waals surface area contributed by atoms with E-state index in [-0.39, 0.29) is 11.7 Å². The molecule has 0 atom stereocenters. The largest absolute Gasteiger partial charge is 0.271 e. The number of sulfone groups is 1. The molecule has 0 bridgehead atoms. The third kappa shape index (κ3) is 4.59. The number of nitriles is 1. The first kappa shape index (κ1) is 22.3. The molecular weight excluding hydrogens is 448 g/mol. The fourth-order valence-corrected chi connectivity index (χ4v) is 5.23. The van der Waals surface area contributed by atoms with Crippen molar-refractivity contribution in [3.8, 4) is 28.3 Å². The van der Waals surface area contributed by atoms with Crippen molar-refractivity contribution in [2.45, 2.75) is 38.1 Å². The van der Waals surface area contributed by atoms with E-state index in [0.29, 0.717) is 12.5 Å². The zero-order chi connectivity index (χ0) is 23.7. The monoisotopic (exact) mass is 474 g/mol. The summed E-state index contributed by atoms with van der Waals surface area (Å²) in [6.07, 6.45) is 14.2. The summed E-state index contributed by atoms with van der Waals surface area (Å²) in [7, 11) is -3.03. The molecule has 0 unspecified atom stereocenters. The molecule has 1 fully saturated rings. The number of fused-ring (bicyclic) bond motifs is 1. The zero-order valence-electron chi connectivity index (χ0n) is 19.0. The minimum Gasteiger partial charge on any atom is -0.271 e. The van der Waals surface area contributed by atoms with E-state index in [1.165, 1.54) is 6.26 Å². The molecule has 0 N–H and O–H groups in total. The van der Waals surface area contributed by atoms with Crippen LogP contribution in [0.1, 0.15) is 37.3 Å². The summed E-state index contributed by atoms with van der Waals surface area (Å²) in [5.74, 6) is 0.556. The summed E-state index contributed by atoms with van der Waals surface area (Å²) in [6, 6.07) is 10.6. The molecule has 0 aliphatic heterocycles. The van der Waals surface area contributed by atoms with Gasteiger partial charge >= 0.3 is 0 Å². The van der Waals surface area contributed by atoms with Gasteiger partial charge in [-0.05, 0) is 36.8 Å². The molecule has 0 amide bonds. The first-order valence-electron chi connectivity index (χ1n) is 11.4. The Labute approximate surface area is 198 Å². The Hall–Kier alpha value is -3.51. The van der Waals surface area contributed by atoms with Gasteiger partial charge in [-0.1, -0.05) is 24.3 Å². The highest BCUT2D eigenvalue weighted by molar-refractivity contribution is 7.90. The topological polar surface area (TPSA) is 106 Å². The zero-order valence-corrected chi connectivity index (χ0v) is 19.8. The van der Waals surface area contributed by atoms with Crippen molar-refractivity contribution in [3.63, 3.8) is 0 Å². The summed E-state index contributed by atoms with van der Waals surface area (Å²) in [6.45, 7) is 0.339. The second kappa shape index (κ2) is 9.03. The Morgan fingerprint density at radius 3 is 2.47 bits per heavy atom. The van der Waals surface area contributed by atoms with E-state index >= 15 is 0 Å². The lowest BCUT2D eigenvalue weighted by molar-refractivity contribution is 0.378. The van der Waals surface area contributed by atoms with Gasteiger partial charge in [-0.3, -0.25) is 9.67 Å². The average Bonchev–Trinajstić information content (AvgIpc) is 3.50. The van der Waals surface area contributed by atoms with Crippen LogP contribution in [0, 0.1) is 17.2 Å². The van der Waals surface area contributed by atoms with Crippen LogP contribution >= 0.6 is 0 Å². The third-order valence-electron chi connectivity index (χ3n) is 6.61. The lowest BCUT2D eigenvalue weighted by Crippen LogP contribution is -2.14. The van der Waals surface area contributed by atoms with Crippen molar-refractivity contribution in [1.82, 2.24) is 24.4 Å². The highest BCUT2D eigenvalue weighted by Gasteiger charge is 2.26. The maximum absolute atomic E-state index is 11.4. The second-order valence-corrected chi connectivity index (χ2v) is 11.3. The maximum Gasteiger partial charge on any atom is 0.149 e. The van der Waals surface area contributed by atoms with Gasteiger partial charge in [-0.25, -0.2) is 12.9 Å². The third-order valence-corrected chi connectivity index (χ3v) is 7.53. The minimum absolute atomic E-state index is 0.0658. The van der Waals surface area contributed by atoms with E-state index in [1.807, 2.05) is 35.2 Å². The van der Waals surface area contributed by atoms with Gasteiger partial charge in [0.1, 0.15) is 9.84 Å². The van der Waals surface area contributed by atoms with E-state index in [2.05, 4.69) is 28.4 Å². The second-order valence-electron chi connectivity index (χ2n) is 9.04. The normalized spacial score (nSPS) is 18.7. The highest BCUT2D eigenvalue weighted by atomic mass is 32.2. The summed E-state index contributed by atoms with van der Waals surface area (Å²) in [5, 5.41) is 18.1. The van der Waals surface area contributed by atoms with Gasteiger partial charge in [0, 0.05) is 47.8 Å². The first-order chi connectivity index (χ1) is 16.4. The smallest absolute Gasteiger partial charge is 0.149 e. The van der Waals surface area contributed by atoms with E-state index < -0.39 is 9.84 Å². The number of hydrogen-bond acceptors (Lipinski definition) is 6. The SMILES string of the molecule is CS(=O)(=O)CCn1cc(-c2ccc(-c3cnn4ccnc(C5CCC(C#N)CC5)c34)cc2)cn1. The average molecular weight is 475 g/mol. The van der Waals surface area contributed by atoms with E-state index in [0.717, 1.165) is 59.1 Å². The van der Waals surface area contributed by atoms with Crippen molar-refractivity contribution in [1.29, 1.82) is 5.26 Å². The molecule has 8 nitrogen and oxygen atoms in total. The van der Waals surface area contributed by atoms with Crippen molar-refractivity contribution < 1.29 is 8.42 Å². The molecule has 1 saturated carbocycles. The maximum atomic E-state index is 11.4. The highest BCUT2D eigenvalue weighted by Crippen LogP contribution is 2.38. The van der Waals surface area contributed by atoms with Crippen LogP contribution in [0.25, 0.3) is 27.8 Å². The summed E-state index contributed by atoms with van der Waals surface area (Å²) >= 11 is 0. The summed E-state index contributed by atoms with van der Waals surface area (Å²) in [5.41, 5.74) is 6.14. The van der Waals surface area contributed by atoms with Crippen LogP contribution in [0.4, 0.5) is 0 Å². The number of aryl methyl sites for hydroxylation is 1. The lowest BCUT2D eigenvalue weighted by atomic mass is 9.80. The van der Waals surface area contributed by atoms with Crippen molar-refractivity contribution in [2.75, 3.05) is 12.0 Å². The number of hydrogen-bond donors (Lipinski definition) is 0. The predicted molar refractivity (Wildman–Crippen MR) is 130 cm³/mol. The quantitative estimate of drug-likeness (QED) is 0.416. The van der Waals surface area contributed by atoms with Crippen molar-refractivity contribution in [2.24, 2.45) is 5.92 Å². The Balaban J connectivity index is 1.41. The van der Waals surface area contributed by atoms with Crippen molar-refractivity contribution >= 4 is 15.4 Å². The Morgan fingerprint density at radius 2 is 1.76 bits per heavy atom. The van der Waals surface area contributed by atoms with Crippen LogP contribution in [0.5, 0.6) is 0 Å². The van der Waals surface area contributed by atoms with Gasteiger partial charge < -0.3 is 0 Å². The lowest BCUT2D eigenvalue weighted by Gasteiger charge is -2.24. The van der Waals surface area contributed by atoms with Crippen LogP contribution in [0.2, 0.25) is 0 Å². The Kier molecular flexibility index (Phi) is 5.92. The number of rotatable bonds is 6. The van der Waals surface area contributed by atoms with Gasteiger partial charge in [0.15, 0.2) is 0 Å². The molecule has 0 spiro atoms. The standard InChI is InChI=1S/C25H26N6O2S/c1-34(32,33)13-12-30-17-22(15-28-30)19-6-8-20(9-7-19)23-16-29-31-11-10-27-24(25(23)31)21-4-2-18(14-26)3-5-21/h6-11,15-18,21H,2-5,12-13H2,1H3. The fraction of sp³-hybridized carbons (Fsp3) is 0.360. The van der Waals surface area contributed by atoms with E-state index in [1.54, 1.807) is 17.1 Å². The molecule has 174 valence electrons. The molecule has 3 aromatic heterocycles. The molecule has 34 heavy (non-hydrogen) atoms. The summed E-state index contributed by atoms with van der Waals surface area (Å²) < 4.78 is 26.4. The summed E-state index contributed by atoms with van der Waals surface area (Å²) in [4.78, 5) is 4.74. The fourth-order valence-electron chi connectivity index (χ4n) is 4.71. The predicted octanol–water partition coefficient (Wildman–Crippen LogP) is 4.10. The van der Waals surface area contributed by atoms with Crippen LogP contribution in [-0.2, 0) is 16.4 Å². The molecule has 0 saturated heterocycles. The van der Waals surface area contributed by atoms with Crippen LogP contribution < -0.4 is 0 Å². The van der Waals surface area contributed by atoms with Gasteiger partial charge in [0.2, 0.25) is 0 Å². The van der Waals surface area contributed by atoms with Gasteiger partial charge in [-0.2, -0.15) is 15.5 Å². The molecule has 1 aliphatic rings. The van der Waals surface area contributed by atoms with E-state index in [9.17, 15) is 13.7 Å². The molecule has 3 heterocycles. The Bertz CT molecular complexity index is 1460. The van der Waals surface area contributed by atoms with E-state index in [4.69, 9.17) is 4.98 Å². The number of aromatic nitrogens is 5. The molecule has 0 radical (unpaired) electrons. The van der Waals surface area contributed by atoms with Gasteiger partial charge in [0.05, 0.1) is 42.0 Å². The molecule has 1 aliphatic carbocycles. The molecular formula is C25H26N6O2S. The molecule has 4 aromatic rings. The van der Waals surface area contributed by atoms with Crippen molar-refractivity contribution in [3.05, 3.63) is 60.9 Å². The first-order valence-corrected chi connectivity index (χ1v) is 13.5. The number of benzene rings is 1. The van der Waals surface area contributed by atoms with Crippen LogP contribution in [0.3, 0.4) is 0 Å². The molecule has 5 rings (SSSR count). The molecule has 1 aromatic carbocycles. The van der Waals surface area contributed by atoms with Gasteiger partial charge in [-0.15, -0.1) is 0 Å². The number of nitrogens with zero attached hydrogens (tertiary/aromatic N) is 6. The van der Waals surface area contributed by atoms with Gasteiger partial charge in [0.25, 0.3) is 0 Å². The van der Waals surface area contributed by atoms with Crippen LogP contribution in [-0.4, -0.2) is 44.8 Å².